The van der Waals surface area contributed by atoms with Crippen molar-refractivity contribution in [3.8, 4) is 0 Å². The Morgan fingerprint density at radius 2 is 2.05 bits per heavy atom. The average molecular weight is 282 g/mol. The largest absolute Gasteiger partial charge is 0.380 e. The number of morpholine rings is 1. The van der Waals surface area contributed by atoms with Crippen LogP contribution in [0.2, 0.25) is 0 Å². The summed E-state index contributed by atoms with van der Waals surface area (Å²) in [6.07, 6.45) is 0. The number of hydrogen-bond donors (Lipinski definition) is 1. The van der Waals surface area contributed by atoms with E-state index in [0.717, 1.165) is 13.1 Å². The first kappa shape index (κ1) is 14.7. The predicted molar refractivity (Wildman–Crippen MR) is 77.0 cm³/mol. The van der Waals surface area contributed by atoms with Crippen LogP contribution < -0.4 is 15.5 Å². The van der Waals surface area contributed by atoms with Gasteiger partial charge in [0.15, 0.2) is 0 Å². The average Bonchev–Trinajstić information content (AvgIpc) is 2.47. The Morgan fingerprint density at radius 3 is 2.75 bits per heavy atom. The van der Waals surface area contributed by atoms with E-state index in [9.17, 15) is 0 Å². The number of ether oxygens (including phenoxy) is 2. The van der Waals surface area contributed by atoms with Crippen LogP contribution in [0.4, 0.5) is 17.8 Å². The van der Waals surface area contributed by atoms with Gasteiger partial charge in [-0.2, -0.15) is 15.0 Å². The Bertz CT molecular complexity index is 424. The van der Waals surface area contributed by atoms with E-state index < -0.39 is 0 Å². The highest BCUT2D eigenvalue weighted by Crippen LogP contribution is 2.15. The van der Waals surface area contributed by atoms with Crippen LogP contribution in [0.1, 0.15) is 6.92 Å². The van der Waals surface area contributed by atoms with Crippen molar-refractivity contribution in [2.45, 2.75) is 6.92 Å². The Labute approximate surface area is 118 Å². The lowest BCUT2D eigenvalue weighted by atomic mass is 10.4. The van der Waals surface area contributed by atoms with Crippen LogP contribution in [0.15, 0.2) is 0 Å². The van der Waals surface area contributed by atoms with E-state index in [1.165, 1.54) is 0 Å². The molecule has 0 saturated carbocycles. The van der Waals surface area contributed by atoms with Gasteiger partial charge >= 0.3 is 0 Å². The zero-order valence-corrected chi connectivity index (χ0v) is 12.1. The van der Waals surface area contributed by atoms with Crippen molar-refractivity contribution in [2.75, 3.05) is 68.6 Å². The number of nitrogens with two attached hydrogens (primary N) is 1. The molecule has 0 unspecified atom stereocenters. The van der Waals surface area contributed by atoms with Crippen LogP contribution in [-0.4, -0.2) is 68.1 Å². The molecule has 112 valence electrons. The predicted octanol–water partition coefficient (Wildman–Crippen LogP) is -0.237. The molecule has 0 amide bonds. The molecule has 1 aliphatic rings. The first-order chi connectivity index (χ1) is 9.70. The Morgan fingerprint density at radius 1 is 1.30 bits per heavy atom. The zero-order valence-electron chi connectivity index (χ0n) is 12.1. The van der Waals surface area contributed by atoms with Crippen molar-refractivity contribution in [3.05, 3.63) is 0 Å². The van der Waals surface area contributed by atoms with Gasteiger partial charge in [-0.25, -0.2) is 0 Å². The molecule has 1 aliphatic heterocycles. The summed E-state index contributed by atoms with van der Waals surface area (Å²) in [5, 5.41) is 0. The second-order valence-electron chi connectivity index (χ2n) is 4.51. The molecular weight excluding hydrogens is 260 g/mol. The summed E-state index contributed by atoms with van der Waals surface area (Å²) >= 11 is 0. The summed E-state index contributed by atoms with van der Waals surface area (Å²) < 4.78 is 10.7. The lowest BCUT2D eigenvalue weighted by Crippen LogP contribution is -2.38. The number of rotatable bonds is 6. The molecule has 0 aromatic carbocycles. The molecule has 0 atom stereocenters. The summed E-state index contributed by atoms with van der Waals surface area (Å²) in [5.41, 5.74) is 5.78. The highest BCUT2D eigenvalue weighted by molar-refractivity contribution is 5.43. The van der Waals surface area contributed by atoms with E-state index in [0.29, 0.717) is 44.9 Å². The number of anilines is 3. The standard InChI is InChI=1S/C12H22N6O2/c1-3-19-7-4-17(2)11-14-10(13)15-12(16-11)18-5-8-20-9-6-18/h3-9H2,1-2H3,(H2,13,14,15,16). The van der Waals surface area contributed by atoms with E-state index in [4.69, 9.17) is 15.2 Å². The second kappa shape index (κ2) is 7.20. The third-order valence-electron chi connectivity index (χ3n) is 3.04. The maximum Gasteiger partial charge on any atom is 0.232 e. The first-order valence-corrected chi connectivity index (χ1v) is 6.84. The fourth-order valence-corrected chi connectivity index (χ4v) is 1.89. The van der Waals surface area contributed by atoms with Gasteiger partial charge in [0.2, 0.25) is 17.8 Å². The van der Waals surface area contributed by atoms with Gasteiger partial charge in [-0.15, -0.1) is 0 Å². The number of nitrogen functional groups attached to an aromatic ring is 1. The molecule has 0 bridgehead atoms. The van der Waals surface area contributed by atoms with Crippen molar-refractivity contribution < 1.29 is 9.47 Å². The third kappa shape index (κ3) is 3.91. The van der Waals surface area contributed by atoms with Gasteiger partial charge in [0.25, 0.3) is 0 Å². The van der Waals surface area contributed by atoms with Crippen LogP contribution in [0.25, 0.3) is 0 Å². The molecule has 0 aliphatic carbocycles. The fraction of sp³-hybridized carbons (Fsp3) is 0.750. The minimum Gasteiger partial charge on any atom is -0.380 e. The highest BCUT2D eigenvalue weighted by Gasteiger charge is 2.17. The SMILES string of the molecule is CCOCCN(C)c1nc(N)nc(N2CCOCC2)n1. The number of aromatic nitrogens is 3. The minimum absolute atomic E-state index is 0.236. The fourth-order valence-electron chi connectivity index (χ4n) is 1.89. The number of likely N-dealkylation sites (N-methyl/N-ethyl adjacent to an activating group) is 1. The van der Waals surface area contributed by atoms with Gasteiger partial charge in [-0.05, 0) is 6.92 Å². The van der Waals surface area contributed by atoms with E-state index in [-0.39, 0.29) is 5.95 Å². The van der Waals surface area contributed by atoms with Gasteiger partial charge in [-0.3, -0.25) is 0 Å². The van der Waals surface area contributed by atoms with Crippen molar-refractivity contribution in [1.82, 2.24) is 15.0 Å². The van der Waals surface area contributed by atoms with Crippen LogP contribution >= 0.6 is 0 Å². The van der Waals surface area contributed by atoms with Crippen LogP contribution in [-0.2, 0) is 9.47 Å². The van der Waals surface area contributed by atoms with Gasteiger partial charge in [0.05, 0.1) is 19.8 Å². The summed E-state index contributed by atoms with van der Waals surface area (Å²) in [4.78, 5) is 16.8. The Kier molecular flexibility index (Phi) is 5.31. The van der Waals surface area contributed by atoms with E-state index in [1.54, 1.807) is 0 Å². The zero-order chi connectivity index (χ0) is 14.4. The molecule has 1 aromatic heterocycles. The highest BCUT2D eigenvalue weighted by atomic mass is 16.5. The quantitative estimate of drug-likeness (QED) is 0.715. The maximum atomic E-state index is 5.78. The van der Waals surface area contributed by atoms with E-state index in [2.05, 4.69) is 19.9 Å². The normalized spacial score (nSPS) is 15.4. The van der Waals surface area contributed by atoms with Crippen molar-refractivity contribution in [3.63, 3.8) is 0 Å². The minimum atomic E-state index is 0.236. The summed E-state index contributed by atoms with van der Waals surface area (Å²) in [6.45, 7) is 6.91. The molecule has 8 nitrogen and oxygen atoms in total. The molecular formula is C12H22N6O2. The Balaban J connectivity index is 2.07. The van der Waals surface area contributed by atoms with Gasteiger partial charge in [-0.1, -0.05) is 0 Å². The van der Waals surface area contributed by atoms with Crippen LogP contribution in [0.3, 0.4) is 0 Å². The molecule has 1 aromatic rings. The molecule has 2 heterocycles. The maximum absolute atomic E-state index is 5.78. The van der Waals surface area contributed by atoms with Gasteiger partial charge in [0.1, 0.15) is 0 Å². The van der Waals surface area contributed by atoms with E-state index in [1.807, 2.05) is 18.9 Å². The molecule has 20 heavy (non-hydrogen) atoms. The molecule has 2 N–H and O–H groups in total. The van der Waals surface area contributed by atoms with Crippen molar-refractivity contribution in [1.29, 1.82) is 0 Å². The Hall–Kier alpha value is -1.67. The third-order valence-corrected chi connectivity index (χ3v) is 3.04. The number of hydrogen-bond acceptors (Lipinski definition) is 8. The van der Waals surface area contributed by atoms with Crippen LogP contribution in [0, 0.1) is 0 Å². The van der Waals surface area contributed by atoms with E-state index >= 15 is 0 Å². The van der Waals surface area contributed by atoms with Crippen molar-refractivity contribution >= 4 is 17.8 Å². The molecule has 8 heteroatoms. The molecule has 0 radical (unpaired) electrons. The summed E-state index contributed by atoms with van der Waals surface area (Å²) in [5.74, 6) is 1.41. The molecule has 1 fully saturated rings. The molecule has 2 rings (SSSR count). The van der Waals surface area contributed by atoms with Crippen molar-refractivity contribution in [2.24, 2.45) is 0 Å². The molecule has 1 saturated heterocycles. The lowest BCUT2D eigenvalue weighted by Gasteiger charge is -2.27. The molecule has 0 spiro atoms. The first-order valence-electron chi connectivity index (χ1n) is 6.84. The van der Waals surface area contributed by atoms with Crippen LogP contribution in [0.5, 0.6) is 0 Å². The summed E-state index contributed by atoms with van der Waals surface area (Å²) in [7, 11) is 1.91. The topological polar surface area (TPSA) is 89.6 Å². The van der Waals surface area contributed by atoms with Gasteiger partial charge in [0, 0.05) is 33.3 Å². The smallest absolute Gasteiger partial charge is 0.232 e. The monoisotopic (exact) mass is 282 g/mol. The second-order valence-corrected chi connectivity index (χ2v) is 4.51. The number of nitrogens with zero attached hydrogens (tertiary/aromatic N) is 5. The summed E-state index contributed by atoms with van der Waals surface area (Å²) in [6, 6.07) is 0. The van der Waals surface area contributed by atoms with Gasteiger partial charge < -0.3 is 25.0 Å². The lowest BCUT2D eigenvalue weighted by molar-refractivity contribution is 0.122.